The Hall–Kier alpha value is -1.39. The van der Waals surface area contributed by atoms with Crippen molar-refractivity contribution in [2.75, 3.05) is 0 Å². The number of fused-ring (bicyclic) bond motifs is 1. The Morgan fingerprint density at radius 3 is 2.24 bits per heavy atom. The highest BCUT2D eigenvalue weighted by Gasteiger charge is 2.36. The maximum Gasteiger partial charge on any atom is 0.309 e. The summed E-state index contributed by atoms with van der Waals surface area (Å²) < 4.78 is 0. The van der Waals surface area contributed by atoms with Crippen molar-refractivity contribution >= 4 is 5.97 Å². The summed E-state index contributed by atoms with van der Waals surface area (Å²) in [6.45, 7) is 7.30. The lowest BCUT2D eigenvalue weighted by molar-refractivity contribution is -0.157. The largest absolute Gasteiger partial charge is 0.481 e. The molecule has 0 aliphatic heterocycles. The summed E-state index contributed by atoms with van der Waals surface area (Å²) in [4.78, 5) is 17.0. The van der Waals surface area contributed by atoms with E-state index in [2.05, 4.69) is 29.7 Å². The van der Waals surface area contributed by atoms with Crippen molar-refractivity contribution in [1.29, 1.82) is 0 Å². The Balaban J connectivity index is 1.87. The van der Waals surface area contributed by atoms with Crippen LogP contribution in [0.3, 0.4) is 0 Å². The summed E-state index contributed by atoms with van der Waals surface area (Å²) in [7, 11) is 0. The van der Waals surface area contributed by atoms with Crippen LogP contribution in [0.4, 0.5) is 0 Å². The Labute approximate surface area is 126 Å². The molecule has 1 aromatic carbocycles. The minimum absolute atomic E-state index is 0.259. The highest BCUT2D eigenvalue weighted by atomic mass is 16.7. The number of carboxylic acids is 1. The van der Waals surface area contributed by atoms with Crippen LogP contribution < -0.4 is 5.48 Å². The van der Waals surface area contributed by atoms with E-state index in [1.807, 2.05) is 13.8 Å². The lowest BCUT2D eigenvalue weighted by Gasteiger charge is -2.32. The molecule has 1 aliphatic carbocycles. The van der Waals surface area contributed by atoms with Crippen LogP contribution in [-0.2, 0) is 22.5 Å². The smallest absolute Gasteiger partial charge is 0.309 e. The minimum Gasteiger partial charge on any atom is -0.481 e. The molecule has 0 atom stereocenters. The monoisotopic (exact) mass is 291 g/mol. The fourth-order valence-corrected chi connectivity index (χ4v) is 3.06. The Morgan fingerprint density at radius 2 is 1.76 bits per heavy atom. The zero-order chi connectivity index (χ0) is 15.7. The van der Waals surface area contributed by atoms with E-state index in [0.29, 0.717) is 6.42 Å². The van der Waals surface area contributed by atoms with Gasteiger partial charge in [0.2, 0.25) is 0 Å². The summed E-state index contributed by atoms with van der Waals surface area (Å²) in [6.07, 6.45) is 2.35. The van der Waals surface area contributed by atoms with Gasteiger partial charge in [-0.3, -0.25) is 9.63 Å². The fraction of sp³-hybridized carbons (Fsp3) is 0.588. The van der Waals surface area contributed by atoms with Gasteiger partial charge in [0.05, 0.1) is 11.0 Å². The standard InChI is InChI=1S/C17H25NO3/c1-16(2,15(19)20)11-17(3,4)21-18-14-9-12-7-5-6-8-13(12)10-14/h5-8,14,18H,9-11H2,1-4H3,(H,19,20). The quantitative estimate of drug-likeness (QED) is 0.791. The number of hydrogen-bond acceptors (Lipinski definition) is 3. The molecule has 4 heteroatoms. The molecule has 116 valence electrons. The molecule has 2 rings (SSSR count). The molecule has 2 N–H and O–H groups in total. The van der Waals surface area contributed by atoms with E-state index in [-0.39, 0.29) is 6.04 Å². The van der Waals surface area contributed by atoms with Gasteiger partial charge >= 0.3 is 5.97 Å². The fourth-order valence-electron chi connectivity index (χ4n) is 3.06. The van der Waals surface area contributed by atoms with Crippen molar-refractivity contribution < 1.29 is 14.7 Å². The Morgan fingerprint density at radius 1 is 1.24 bits per heavy atom. The first-order valence-electron chi connectivity index (χ1n) is 7.43. The van der Waals surface area contributed by atoms with Crippen LogP contribution in [0.5, 0.6) is 0 Å². The molecular weight excluding hydrogens is 266 g/mol. The summed E-state index contributed by atoms with van der Waals surface area (Å²) in [5.74, 6) is -0.799. The van der Waals surface area contributed by atoms with Crippen molar-refractivity contribution in [3.05, 3.63) is 35.4 Å². The van der Waals surface area contributed by atoms with Gasteiger partial charge < -0.3 is 5.11 Å². The second kappa shape index (κ2) is 5.78. The Kier molecular flexibility index (Phi) is 4.40. The normalized spacial score (nSPS) is 16.0. The summed E-state index contributed by atoms with van der Waals surface area (Å²) in [6, 6.07) is 8.67. The van der Waals surface area contributed by atoms with Crippen molar-refractivity contribution in [1.82, 2.24) is 5.48 Å². The predicted molar refractivity (Wildman–Crippen MR) is 82.0 cm³/mol. The van der Waals surface area contributed by atoms with Crippen molar-refractivity contribution in [3.8, 4) is 0 Å². The van der Waals surface area contributed by atoms with Crippen molar-refractivity contribution in [2.24, 2.45) is 5.41 Å². The highest BCUT2D eigenvalue weighted by molar-refractivity contribution is 5.73. The number of aliphatic carboxylic acids is 1. The van der Waals surface area contributed by atoms with Gasteiger partial charge in [0.25, 0.3) is 0 Å². The Bertz CT molecular complexity index is 498. The third-order valence-corrected chi connectivity index (χ3v) is 4.00. The van der Waals surface area contributed by atoms with Crippen molar-refractivity contribution in [2.45, 2.75) is 58.6 Å². The molecule has 0 aromatic heterocycles. The van der Waals surface area contributed by atoms with E-state index >= 15 is 0 Å². The van der Waals surface area contributed by atoms with Crippen LogP contribution in [0, 0.1) is 5.41 Å². The number of hydrogen-bond donors (Lipinski definition) is 2. The summed E-state index contributed by atoms with van der Waals surface area (Å²) >= 11 is 0. The van der Waals surface area contributed by atoms with E-state index < -0.39 is 17.0 Å². The average molecular weight is 291 g/mol. The molecule has 21 heavy (non-hydrogen) atoms. The number of benzene rings is 1. The second-order valence-corrected chi connectivity index (χ2v) is 7.22. The highest BCUT2D eigenvalue weighted by Crippen LogP contribution is 2.30. The molecule has 1 aromatic rings. The minimum atomic E-state index is -0.802. The second-order valence-electron chi connectivity index (χ2n) is 7.22. The molecule has 0 radical (unpaired) electrons. The van der Waals surface area contributed by atoms with Gasteiger partial charge in [-0.2, -0.15) is 5.48 Å². The summed E-state index contributed by atoms with van der Waals surface area (Å²) in [5.41, 5.74) is 4.53. The molecule has 0 unspecified atom stereocenters. The molecule has 0 bridgehead atoms. The number of nitrogens with one attached hydrogen (secondary N) is 1. The molecule has 0 fully saturated rings. The lowest BCUT2D eigenvalue weighted by atomic mass is 9.82. The van der Waals surface area contributed by atoms with Crippen molar-refractivity contribution in [3.63, 3.8) is 0 Å². The van der Waals surface area contributed by atoms with E-state index in [1.165, 1.54) is 11.1 Å². The number of rotatable bonds is 6. The first-order valence-corrected chi connectivity index (χ1v) is 7.43. The average Bonchev–Trinajstić information content (AvgIpc) is 2.78. The van der Waals surface area contributed by atoms with Gasteiger partial charge in [0, 0.05) is 6.04 Å². The van der Waals surface area contributed by atoms with E-state index in [1.54, 1.807) is 13.8 Å². The molecule has 0 spiro atoms. The molecule has 0 amide bonds. The zero-order valence-electron chi connectivity index (χ0n) is 13.3. The third kappa shape index (κ3) is 4.05. The first-order chi connectivity index (χ1) is 9.70. The zero-order valence-corrected chi connectivity index (χ0v) is 13.3. The molecular formula is C17H25NO3. The van der Waals surface area contributed by atoms with Crippen LogP contribution in [-0.4, -0.2) is 22.7 Å². The SMILES string of the molecule is CC(C)(CC(C)(C)C(=O)O)ONC1Cc2ccccc2C1. The topological polar surface area (TPSA) is 58.6 Å². The van der Waals surface area contributed by atoms with Crippen LogP contribution >= 0.6 is 0 Å². The van der Waals surface area contributed by atoms with Crippen LogP contribution in [0.1, 0.15) is 45.2 Å². The number of hydroxylamine groups is 1. The van der Waals surface area contributed by atoms with E-state index in [4.69, 9.17) is 4.84 Å². The van der Waals surface area contributed by atoms with Gasteiger partial charge in [-0.1, -0.05) is 24.3 Å². The van der Waals surface area contributed by atoms with Crippen LogP contribution in [0.15, 0.2) is 24.3 Å². The molecule has 0 saturated heterocycles. The number of carboxylic acid groups (broad SMARTS) is 1. The van der Waals surface area contributed by atoms with Gasteiger partial charge in [-0.25, -0.2) is 0 Å². The number of carbonyl (C=O) groups is 1. The van der Waals surface area contributed by atoms with Gasteiger partial charge in [-0.15, -0.1) is 0 Å². The maximum atomic E-state index is 11.2. The van der Waals surface area contributed by atoms with Gasteiger partial charge in [-0.05, 0) is 58.1 Å². The molecule has 4 nitrogen and oxygen atoms in total. The van der Waals surface area contributed by atoms with Gasteiger partial charge in [0.1, 0.15) is 0 Å². The van der Waals surface area contributed by atoms with Crippen LogP contribution in [0.25, 0.3) is 0 Å². The summed E-state index contributed by atoms with van der Waals surface area (Å²) in [5, 5.41) is 9.23. The van der Waals surface area contributed by atoms with Gasteiger partial charge in [0.15, 0.2) is 0 Å². The van der Waals surface area contributed by atoms with E-state index in [0.717, 1.165) is 12.8 Å². The lowest BCUT2D eigenvalue weighted by Crippen LogP contribution is -2.43. The van der Waals surface area contributed by atoms with E-state index in [9.17, 15) is 9.90 Å². The predicted octanol–water partition coefficient (Wildman–Crippen LogP) is 2.95. The first kappa shape index (κ1) is 16.0. The third-order valence-electron chi connectivity index (χ3n) is 4.00. The van der Waals surface area contributed by atoms with Crippen LogP contribution in [0.2, 0.25) is 0 Å². The molecule has 0 saturated carbocycles. The molecule has 1 aliphatic rings. The molecule has 0 heterocycles. The maximum absolute atomic E-state index is 11.2.